The zero-order valence-corrected chi connectivity index (χ0v) is 14.2. The van der Waals surface area contributed by atoms with Crippen molar-refractivity contribution in [2.75, 3.05) is 26.2 Å². The third-order valence-corrected chi connectivity index (χ3v) is 4.72. The second-order valence-electron chi connectivity index (χ2n) is 5.67. The normalized spacial score (nSPS) is 15.7. The molecule has 5 heteroatoms. The van der Waals surface area contributed by atoms with Gasteiger partial charge in [-0.3, -0.25) is 9.69 Å². The van der Waals surface area contributed by atoms with E-state index in [1.807, 2.05) is 29.2 Å². The van der Waals surface area contributed by atoms with Gasteiger partial charge in [0.15, 0.2) is 0 Å². The minimum atomic E-state index is 0.0686. The van der Waals surface area contributed by atoms with E-state index in [2.05, 4.69) is 4.90 Å². The van der Waals surface area contributed by atoms with Crippen LogP contribution in [0.3, 0.4) is 0 Å². The van der Waals surface area contributed by atoms with Crippen LogP contribution >= 0.6 is 23.2 Å². The number of piperazine rings is 1. The predicted octanol–water partition coefficient (Wildman–Crippen LogP) is 3.95. The van der Waals surface area contributed by atoms with E-state index in [0.29, 0.717) is 10.6 Å². The number of rotatable bonds is 3. The molecular weight excluding hydrogens is 331 g/mol. The molecule has 1 aliphatic heterocycles. The second-order valence-corrected chi connectivity index (χ2v) is 6.51. The summed E-state index contributed by atoms with van der Waals surface area (Å²) in [6.07, 6.45) is 0. The molecule has 0 bridgehead atoms. The highest BCUT2D eigenvalue weighted by Gasteiger charge is 2.22. The first-order valence-electron chi connectivity index (χ1n) is 7.64. The molecule has 23 heavy (non-hydrogen) atoms. The number of carbonyl (C=O) groups is 1. The van der Waals surface area contributed by atoms with Crippen molar-refractivity contribution in [3.05, 3.63) is 69.7 Å². The maximum atomic E-state index is 12.5. The summed E-state index contributed by atoms with van der Waals surface area (Å²) in [4.78, 5) is 16.7. The van der Waals surface area contributed by atoms with Crippen molar-refractivity contribution in [3.8, 4) is 0 Å². The number of hydrogen-bond acceptors (Lipinski definition) is 2. The largest absolute Gasteiger partial charge is 0.336 e. The van der Waals surface area contributed by atoms with Gasteiger partial charge < -0.3 is 4.90 Å². The van der Waals surface area contributed by atoms with E-state index in [1.165, 1.54) is 0 Å². The Morgan fingerprint density at radius 2 is 1.57 bits per heavy atom. The van der Waals surface area contributed by atoms with Crippen LogP contribution in [0.5, 0.6) is 0 Å². The fourth-order valence-corrected chi connectivity index (χ4v) is 3.07. The highest BCUT2D eigenvalue weighted by molar-refractivity contribution is 6.31. The molecule has 1 fully saturated rings. The van der Waals surface area contributed by atoms with Crippen molar-refractivity contribution in [3.63, 3.8) is 0 Å². The Morgan fingerprint density at radius 1 is 0.913 bits per heavy atom. The molecule has 2 aromatic carbocycles. The van der Waals surface area contributed by atoms with Crippen LogP contribution in [0.25, 0.3) is 0 Å². The first-order valence-corrected chi connectivity index (χ1v) is 8.40. The number of nitrogens with zero attached hydrogens (tertiary/aromatic N) is 2. The van der Waals surface area contributed by atoms with Gasteiger partial charge in [-0.2, -0.15) is 0 Å². The van der Waals surface area contributed by atoms with Crippen molar-refractivity contribution in [2.24, 2.45) is 0 Å². The molecule has 0 aromatic heterocycles. The number of benzene rings is 2. The molecule has 0 atom stereocenters. The fourth-order valence-electron chi connectivity index (χ4n) is 2.75. The second kappa shape index (κ2) is 7.35. The highest BCUT2D eigenvalue weighted by atomic mass is 35.5. The summed E-state index contributed by atoms with van der Waals surface area (Å²) in [6, 6.07) is 15.0. The summed E-state index contributed by atoms with van der Waals surface area (Å²) in [5.41, 5.74) is 1.82. The summed E-state index contributed by atoms with van der Waals surface area (Å²) in [5.74, 6) is 0.0686. The van der Waals surface area contributed by atoms with Crippen molar-refractivity contribution in [2.45, 2.75) is 6.54 Å². The van der Waals surface area contributed by atoms with Crippen molar-refractivity contribution < 1.29 is 4.79 Å². The van der Waals surface area contributed by atoms with Gasteiger partial charge in [0, 0.05) is 48.3 Å². The smallest absolute Gasteiger partial charge is 0.253 e. The summed E-state index contributed by atoms with van der Waals surface area (Å²) >= 11 is 12.1. The Morgan fingerprint density at radius 3 is 2.22 bits per heavy atom. The van der Waals surface area contributed by atoms with Crippen LogP contribution in [0.4, 0.5) is 0 Å². The van der Waals surface area contributed by atoms with Gasteiger partial charge in [-0.15, -0.1) is 0 Å². The zero-order valence-electron chi connectivity index (χ0n) is 12.7. The lowest BCUT2D eigenvalue weighted by atomic mass is 10.1. The van der Waals surface area contributed by atoms with Crippen LogP contribution in [-0.4, -0.2) is 41.9 Å². The fraction of sp³-hybridized carbons (Fsp3) is 0.278. The van der Waals surface area contributed by atoms with E-state index in [1.54, 1.807) is 24.3 Å². The lowest BCUT2D eigenvalue weighted by Gasteiger charge is -2.35. The number of carbonyl (C=O) groups excluding carboxylic acids is 1. The molecule has 0 N–H and O–H groups in total. The summed E-state index contributed by atoms with van der Waals surface area (Å²) in [6.45, 7) is 3.98. The van der Waals surface area contributed by atoms with Gasteiger partial charge in [-0.05, 0) is 35.9 Å². The topological polar surface area (TPSA) is 23.6 Å². The van der Waals surface area contributed by atoms with E-state index in [9.17, 15) is 4.79 Å². The molecule has 0 spiro atoms. The Bertz CT molecular complexity index is 680. The highest BCUT2D eigenvalue weighted by Crippen LogP contribution is 2.18. The number of hydrogen-bond donors (Lipinski definition) is 0. The predicted molar refractivity (Wildman–Crippen MR) is 94.1 cm³/mol. The first kappa shape index (κ1) is 16.3. The number of halogens is 2. The standard InChI is InChI=1S/C18H18Cl2N2O/c19-16-7-5-14(6-8-16)18(23)22-11-9-21(10-12-22)13-15-3-1-2-4-17(15)20/h1-8H,9-13H2. The van der Waals surface area contributed by atoms with Gasteiger partial charge in [-0.25, -0.2) is 0 Å². The van der Waals surface area contributed by atoms with Gasteiger partial charge in [0.25, 0.3) is 5.91 Å². The minimum Gasteiger partial charge on any atom is -0.336 e. The van der Waals surface area contributed by atoms with Gasteiger partial charge in [-0.1, -0.05) is 41.4 Å². The average molecular weight is 349 g/mol. The van der Waals surface area contributed by atoms with Crippen LogP contribution < -0.4 is 0 Å². The SMILES string of the molecule is O=C(c1ccc(Cl)cc1)N1CCN(Cc2ccccc2Cl)CC1. The molecule has 1 aliphatic rings. The monoisotopic (exact) mass is 348 g/mol. The molecule has 1 saturated heterocycles. The van der Waals surface area contributed by atoms with E-state index >= 15 is 0 Å². The molecule has 1 amide bonds. The van der Waals surface area contributed by atoms with Crippen molar-refractivity contribution >= 4 is 29.1 Å². The van der Waals surface area contributed by atoms with Crippen LogP contribution in [0.1, 0.15) is 15.9 Å². The molecule has 120 valence electrons. The molecule has 0 saturated carbocycles. The molecule has 1 heterocycles. The Labute approximate surface area is 146 Å². The van der Waals surface area contributed by atoms with Crippen LogP contribution in [0.15, 0.2) is 48.5 Å². The summed E-state index contributed by atoms with van der Waals surface area (Å²) in [7, 11) is 0. The molecule has 0 unspecified atom stereocenters. The Balaban J connectivity index is 1.57. The summed E-state index contributed by atoms with van der Waals surface area (Å²) in [5, 5.41) is 1.44. The Hall–Kier alpha value is -1.55. The summed E-state index contributed by atoms with van der Waals surface area (Å²) < 4.78 is 0. The van der Waals surface area contributed by atoms with Gasteiger partial charge in [0.2, 0.25) is 0 Å². The average Bonchev–Trinajstić information content (AvgIpc) is 2.58. The van der Waals surface area contributed by atoms with Gasteiger partial charge in [0.05, 0.1) is 0 Å². The van der Waals surface area contributed by atoms with E-state index < -0.39 is 0 Å². The van der Waals surface area contributed by atoms with E-state index in [4.69, 9.17) is 23.2 Å². The lowest BCUT2D eigenvalue weighted by Crippen LogP contribution is -2.48. The third kappa shape index (κ3) is 4.05. The Kier molecular flexibility index (Phi) is 5.21. The van der Waals surface area contributed by atoms with E-state index in [-0.39, 0.29) is 5.91 Å². The zero-order chi connectivity index (χ0) is 16.2. The molecule has 3 nitrogen and oxygen atoms in total. The lowest BCUT2D eigenvalue weighted by molar-refractivity contribution is 0.0628. The first-order chi connectivity index (χ1) is 11.1. The van der Waals surface area contributed by atoms with Gasteiger partial charge >= 0.3 is 0 Å². The molecule has 0 aliphatic carbocycles. The van der Waals surface area contributed by atoms with Crippen molar-refractivity contribution in [1.82, 2.24) is 9.80 Å². The van der Waals surface area contributed by atoms with Crippen LogP contribution in [0, 0.1) is 0 Å². The third-order valence-electron chi connectivity index (χ3n) is 4.10. The molecule has 2 aromatic rings. The molecule has 3 rings (SSSR count). The molecule has 0 radical (unpaired) electrons. The quantitative estimate of drug-likeness (QED) is 0.838. The minimum absolute atomic E-state index is 0.0686. The van der Waals surface area contributed by atoms with Gasteiger partial charge in [0.1, 0.15) is 0 Å². The van der Waals surface area contributed by atoms with E-state index in [0.717, 1.165) is 43.3 Å². The van der Waals surface area contributed by atoms with Crippen molar-refractivity contribution in [1.29, 1.82) is 0 Å². The maximum Gasteiger partial charge on any atom is 0.253 e. The molecular formula is C18H18Cl2N2O. The van der Waals surface area contributed by atoms with Crippen LogP contribution in [-0.2, 0) is 6.54 Å². The van der Waals surface area contributed by atoms with Crippen LogP contribution in [0.2, 0.25) is 10.0 Å². The number of amides is 1. The maximum absolute atomic E-state index is 12.5.